The highest BCUT2D eigenvalue weighted by atomic mass is 35.5. The first-order valence-electron chi connectivity index (χ1n) is 12.1. The van der Waals surface area contributed by atoms with Crippen LogP contribution in [0.3, 0.4) is 0 Å². The van der Waals surface area contributed by atoms with Crippen molar-refractivity contribution in [2.45, 2.75) is 50.9 Å². The minimum Gasteiger partial charge on any atom is -0.361 e. The lowest BCUT2D eigenvalue weighted by molar-refractivity contribution is -0.118. The van der Waals surface area contributed by atoms with Crippen molar-refractivity contribution in [3.8, 4) is 0 Å². The monoisotopic (exact) mass is 485 g/mol. The highest BCUT2D eigenvalue weighted by molar-refractivity contribution is 6.31. The number of hydrogen-bond donors (Lipinski definition) is 1. The smallest absolute Gasteiger partial charge is 0.227 e. The van der Waals surface area contributed by atoms with Crippen molar-refractivity contribution in [2.24, 2.45) is 0 Å². The third kappa shape index (κ3) is 5.40. The molecule has 1 aromatic heterocycles. The van der Waals surface area contributed by atoms with Crippen LogP contribution in [0.2, 0.25) is 5.02 Å². The Kier molecular flexibility index (Phi) is 8.00. The van der Waals surface area contributed by atoms with Crippen molar-refractivity contribution in [1.82, 2.24) is 9.88 Å². The fourth-order valence-corrected chi connectivity index (χ4v) is 5.62. The van der Waals surface area contributed by atoms with E-state index in [2.05, 4.69) is 46.4 Å². The Morgan fingerprint density at radius 2 is 1.76 bits per heavy atom. The lowest BCUT2D eigenvalue weighted by atomic mass is 9.89. The van der Waals surface area contributed by atoms with E-state index in [-0.39, 0.29) is 18.3 Å². The first-order valence-corrected chi connectivity index (χ1v) is 12.4. The molecule has 0 radical (unpaired) electrons. The van der Waals surface area contributed by atoms with Gasteiger partial charge in [-0.2, -0.15) is 0 Å². The second kappa shape index (κ2) is 10.9. The van der Waals surface area contributed by atoms with Gasteiger partial charge in [0.1, 0.15) is 0 Å². The van der Waals surface area contributed by atoms with Crippen LogP contribution in [0, 0.1) is 0 Å². The molecule has 2 aliphatic rings. The van der Waals surface area contributed by atoms with Crippen LogP contribution in [0.1, 0.15) is 55.6 Å². The summed E-state index contributed by atoms with van der Waals surface area (Å²) in [4.78, 5) is 20.4. The quantitative estimate of drug-likeness (QED) is 0.384. The van der Waals surface area contributed by atoms with Crippen LogP contribution < -0.4 is 4.90 Å². The van der Waals surface area contributed by atoms with E-state index >= 15 is 0 Å². The first-order chi connectivity index (χ1) is 15.7. The van der Waals surface area contributed by atoms with Gasteiger partial charge in [0.25, 0.3) is 0 Å². The lowest BCUT2D eigenvalue weighted by Gasteiger charge is -2.32. The molecular formula is C27H33Cl2N3O. The predicted octanol–water partition coefficient (Wildman–Crippen LogP) is 6.57. The van der Waals surface area contributed by atoms with Crippen LogP contribution in [0.5, 0.6) is 0 Å². The van der Waals surface area contributed by atoms with Gasteiger partial charge in [0, 0.05) is 40.8 Å². The minimum atomic E-state index is 0. The van der Waals surface area contributed by atoms with Gasteiger partial charge in [-0.25, -0.2) is 0 Å². The van der Waals surface area contributed by atoms with Crippen LogP contribution in [-0.2, 0) is 11.2 Å². The van der Waals surface area contributed by atoms with E-state index < -0.39 is 0 Å². The normalized spacial score (nSPS) is 17.2. The topological polar surface area (TPSA) is 39.3 Å². The summed E-state index contributed by atoms with van der Waals surface area (Å²) >= 11 is 6.23. The van der Waals surface area contributed by atoms with Crippen LogP contribution in [-0.4, -0.2) is 42.0 Å². The Balaban J connectivity index is 0.00000259. The molecule has 1 saturated heterocycles. The largest absolute Gasteiger partial charge is 0.361 e. The van der Waals surface area contributed by atoms with E-state index in [4.69, 9.17) is 11.6 Å². The van der Waals surface area contributed by atoms with Crippen molar-refractivity contribution >= 4 is 46.5 Å². The minimum absolute atomic E-state index is 0. The van der Waals surface area contributed by atoms with Gasteiger partial charge in [-0.05, 0) is 93.0 Å². The molecule has 0 aliphatic carbocycles. The number of amides is 1. The highest BCUT2D eigenvalue weighted by Gasteiger charge is 2.24. The summed E-state index contributed by atoms with van der Waals surface area (Å²) in [5.41, 5.74) is 5.05. The number of aromatic amines is 1. The molecule has 33 heavy (non-hydrogen) atoms. The zero-order chi connectivity index (χ0) is 21.9. The third-order valence-electron chi connectivity index (χ3n) is 7.25. The fraction of sp³-hybridized carbons (Fsp3) is 0.444. The van der Waals surface area contributed by atoms with Crippen molar-refractivity contribution < 1.29 is 4.79 Å². The Hall–Kier alpha value is -2.01. The molecule has 0 spiro atoms. The SMILES string of the molecule is Cl.O=C1CCc2ccccc2N1CCCCCN1CCC(c2c[nH]c3ccc(Cl)cc23)CC1. The summed E-state index contributed by atoms with van der Waals surface area (Å²) in [6, 6.07) is 14.5. The van der Waals surface area contributed by atoms with E-state index in [9.17, 15) is 4.79 Å². The lowest BCUT2D eigenvalue weighted by Crippen LogP contribution is -2.36. The van der Waals surface area contributed by atoms with Gasteiger partial charge in [-0.3, -0.25) is 4.79 Å². The number of benzene rings is 2. The molecule has 3 heterocycles. The van der Waals surface area contributed by atoms with Crippen LogP contribution in [0.25, 0.3) is 10.9 Å². The van der Waals surface area contributed by atoms with E-state index in [1.165, 1.54) is 47.7 Å². The van der Waals surface area contributed by atoms with Gasteiger partial charge in [-0.15, -0.1) is 12.4 Å². The van der Waals surface area contributed by atoms with Crippen LogP contribution in [0.15, 0.2) is 48.7 Å². The Labute approximate surface area is 207 Å². The number of unbranched alkanes of at least 4 members (excludes halogenated alkanes) is 2. The van der Waals surface area contributed by atoms with Gasteiger partial charge < -0.3 is 14.8 Å². The summed E-state index contributed by atoms with van der Waals surface area (Å²) in [6.45, 7) is 4.34. The number of aryl methyl sites for hydroxylation is 1. The zero-order valence-corrected chi connectivity index (χ0v) is 20.6. The summed E-state index contributed by atoms with van der Waals surface area (Å²) in [6.07, 6.45) is 9.58. The maximum absolute atomic E-state index is 12.4. The average molecular weight is 486 g/mol. The molecule has 5 rings (SSSR count). The summed E-state index contributed by atoms with van der Waals surface area (Å²) in [5.74, 6) is 0.896. The maximum atomic E-state index is 12.4. The van der Waals surface area contributed by atoms with Crippen molar-refractivity contribution in [3.63, 3.8) is 0 Å². The number of nitrogens with zero attached hydrogens (tertiary/aromatic N) is 2. The van der Waals surface area contributed by atoms with E-state index in [0.717, 1.165) is 49.7 Å². The van der Waals surface area contributed by atoms with E-state index in [0.29, 0.717) is 12.3 Å². The molecule has 4 nitrogen and oxygen atoms in total. The molecule has 0 unspecified atom stereocenters. The van der Waals surface area contributed by atoms with Crippen molar-refractivity contribution in [3.05, 3.63) is 64.8 Å². The second-order valence-corrected chi connectivity index (χ2v) is 9.72. The second-order valence-electron chi connectivity index (χ2n) is 9.28. The number of carbonyl (C=O) groups excluding carboxylic acids is 1. The van der Waals surface area contributed by atoms with Crippen LogP contribution in [0.4, 0.5) is 5.69 Å². The summed E-state index contributed by atoms with van der Waals surface area (Å²) in [7, 11) is 0. The Morgan fingerprint density at radius 3 is 2.61 bits per heavy atom. The number of nitrogens with one attached hydrogen (secondary N) is 1. The molecule has 1 fully saturated rings. The third-order valence-corrected chi connectivity index (χ3v) is 7.49. The average Bonchev–Trinajstić information content (AvgIpc) is 3.23. The number of piperidine rings is 1. The van der Waals surface area contributed by atoms with Crippen molar-refractivity contribution in [2.75, 3.05) is 31.1 Å². The fourth-order valence-electron chi connectivity index (χ4n) is 5.44. The van der Waals surface area contributed by atoms with Gasteiger partial charge in [0.05, 0.1) is 0 Å². The predicted molar refractivity (Wildman–Crippen MR) is 140 cm³/mol. The molecule has 0 atom stereocenters. The van der Waals surface area contributed by atoms with E-state index in [1.807, 2.05) is 17.0 Å². The summed E-state index contributed by atoms with van der Waals surface area (Å²) in [5, 5.41) is 2.09. The number of para-hydroxylation sites is 1. The first kappa shape index (κ1) is 24.1. The van der Waals surface area contributed by atoms with E-state index in [1.54, 1.807) is 0 Å². The number of likely N-dealkylation sites (tertiary alicyclic amines) is 1. The highest BCUT2D eigenvalue weighted by Crippen LogP contribution is 2.34. The molecular weight excluding hydrogens is 453 g/mol. The number of carbonyl (C=O) groups is 1. The van der Waals surface area contributed by atoms with Gasteiger partial charge in [-0.1, -0.05) is 36.2 Å². The standard InChI is InChI=1S/C27H32ClN3O.ClH/c28-22-9-10-25-23(18-22)24(19-29-25)20-12-16-30(17-13-20)14-4-1-5-15-31-26-7-3-2-6-21(26)8-11-27(31)32;/h2-3,6-7,9-10,18-20,29H,1,4-5,8,11-17H2;1H. The number of anilines is 1. The zero-order valence-electron chi connectivity index (χ0n) is 19.1. The molecule has 2 aromatic carbocycles. The Morgan fingerprint density at radius 1 is 0.970 bits per heavy atom. The Bertz CT molecular complexity index is 1090. The van der Waals surface area contributed by atoms with Gasteiger partial charge in [0.15, 0.2) is 0 Å². The van der Waals surface area contributed by atoms with Gasteiger partial charge in [0.2, 0.25) is 5.91 Å². The van der Waals surface area contributed by atoms with Crippen molar-refractivity contribution in [1.29, 1.82) is 0 Å². The number of fused-ring (bicyclic) bond motifs is 2. The molecule has 6 heteroatoms. The number of H-pyrrole nitrogens is 1. The molecule has 1 amide bonds. The van der Waals surface area contributed by atoms with Gasteiger partial charge >= 0.3 is 0 Å². The number of hydrogen-bond acceptors (Lipinski definition) is 2. The van der Waals surface area contributed by atoms with Crippen LogP contribution >= 0.6 is 24.0 Å². The molecule has 176 valence electrons. The molecule has 1 N–H and O–H groups in total. The molecule has 0 saturated carbocycles. The molecule has 2 aliphatic heterocycles. The number of rotatable bonds is 7. The number of halogens is 2. The maximum Gasteiger partial charge on any atom is 0.227 e. The summed E-state index contributed by atoms with van der Waals surface area (Å²) < 4.78 is 0. The molecule has 3 aromatic rings. The number of aromatic nitrogens is 1. The molecule has 0 bridgehead atoms.